The topological polar surface area (TPSA) is 86.8 Å². The number of amides is 2. The van der Waals surface area contributed by atoms with Crippen molar-refractivity contribution in [1.82, 2.24) is 9.21 Å². The molecule has 0 aromatic heterocycles. The Bertz CT molecular complexity index is 1110. The van der Waals surface area contributed by atoms with Crippen LogP contribution in [-0.4, -0.2) is 61.4 Å². The lowest BCUT2D eigenvalue weighted by Gasteiger charge is -2.20. The van der Waals surface area contributed by atoms with Crippen LogP contribution in [-0.2, 0) is 14.8 Å². The third-order valence-electron chi connectivity index (χ3n) is 5.71. The summed E-state index contributed by atoms with van der Waals surface area (Å²) in [6.07, 6.45) is 2.08. The number of thioether (sulfide) groups is 1. The van der Waals surface area contributed by atoms with Gasteiger partial charge >= 0.3 is 0 Å². The molecule has 9 heteroatoms. The SMILES string of the molecule is CCN(CC)S(=O)(=O)c1cc(NC(=O)c2ccccc2SCC(=O)N2CCCC2)ccc1C. The minimum Gasteiger partial charge on any atom is -0.342 e. The Morgan fingerprint density at radius 3 is 2.39 bits per heavy atom. The van der Waals surface area contributed by atoms with Crippen LogP contribution in [0.25, 0.3) is 0 Å². The van der Waals surface area contributed by atoms with E-state index >= 15 is 0 Å². The molecule has 1 aliphatic heterocycles. The van der Waals surface area contributed by atoms with Crippen molar-refractivity contribution in [3.63, 3.8) is 0 Å². The minimum atomic E-state index is -3.65. The van der Waals surface area contributed by atoms with E-state index in [1.807, 2.05) is 17.0 Å². The number of anilines is 1. The zero-order valence-corrected chi connectivity index (χ0v) is 21.0. The summed E-state index contributed by atoms with van der Waals surface area (Å²) in [7, 11) is -3.65. The maximum atomic E-state index is 13.0. The molecule has 0 aliphatic carbocycles. The quantitative estimate of drug-likeness (QED) is 0.538. The zero-order chi connectivity index (χ0) is 24.0. The number of hydrogen-bond donors (Lipinski definition) is 1. The molecule has 2 aromatic carbocycles. The van der Waals surface area contributed by atoms with Crippen molar-refractivity contribution in [1.29, 1.82) is 0 Å². The smallest absolute Gasteiger partial charge is 0.256 e. The van der Waals surface area contributed by atoms with Gasteiger partial charge in [0.05, 0.1) is 16.2 Å². The van der Waals surface area contributed by atoms with E-state index < -0.39 is 10.0 Å². The van der Waals surface area contributed by atoms with Crippen LogP contribution in [0.15, 0.2) is 52.3 Å². The molecule has 0 atom stereocenters. The highest BCUT2D eigenvalue weighted by Gasteiger charge is 2.24. The van der Waals surface area contributed by atoms with Crippen LogP contribution < -0.4 is 5.32 Å². The van der Waals surface area contributed by atoms with Crippen molar-refractivity contribution in [3.05, 3.63) is 53.6 Å². The first-order valence-corrected chi connectivity index (χ1v) is 13.6. The van der Waals surface area contributed by atoms with E-state index in [4.69, 9.17) is 0 Å². The highest BCUT2D eigenvalue weighted by molar-refractivity contribution is 8.00. The fraction of sp³-hybridized carbons (Fsp3) is 0.417. The lowest BCUT2D eigenvalue weighted by molar-refractivity contribution is -0.127. The van der Waals surface area contributed by atoms with E-state index in [2.05, 4.69) is 5.32 Å². The summed E-state index contributed by atoms with van der Waals surface area (Å²) in [6.45, 7) is 7.67. The summed E-state index contributed by atoms with van der Waals surface area (Å²) in [4.78, 5) is 28.2. The number of rotatable bonds is 9. The highest BCUT2D eigenvalue weighted by Crippen LogP contribution is 2.27. The largest absolute Gasteiger partial charge is 0.342 e. The summed E-state index contributed by atoms with van der Waals surface area (Å²) in [5, 5.41) is 2.83. The fourth-order valence-electron chi connectivity index (χ4n) is 3.83. The number of aryl methyl sites for hydroxylation is 1. The van der Waals surface area contributed by atoms with Gasteiger partial charge in [0.25, 0.3) is 5.91 Å². The van der Waals surface area contributed by atoms with E-state index in [1.54, 1.807) is 45.0 Å². The number of nitrogens with zero attached hydrogens (tertiary/aromatic N) is 2. The Balaban J connectivity index is 1.77. The van der Waals surface area contributed by atoms with Gasteiger partial charge in [-0.3, -0.25) is 9.59 Å². The van der Waals surface area contributed by atoms with Crippen molar-refractivity contribution in [2.24, 2.45) is 0 Å². The standard InChI is InChI=1S/C24H31N3O4S2/c1-4-27(5-2)33(30,31)22-16-19(13-12-18(22)3)25-24(29)20-10-6-7-11-21(20)32-17-23(28)26-14-8-9-15-26/h6-7,10-13,16H,4-5,8-9,14-15,17H2,1-3H3,(H,25,29). The van der Waals surface area contributed by atoms with E-state index in [1.165, 1.54) is 22.1 Å². The maximum absolute atomic E-state index is 13.0. The predicted molar refractivity (Wildman–Crippen MR) is 132 cm³/mol. The molecule has 0 bridgehead atoms. The Kier molecular flexibility index (Phi) is 8.56. The minimum absolute atomic E-state index is 0.0810. The molecule has 1 saturated heterocycles. The van der Waals surface area contributed by atoms with Crippen molar-refractivity contribution < 1.29 is 18.0 Å². The van der Waals surface area contributed by atoms with Gasteiger partial charge in [-0.2, -0.15) is 4.31 Å². The molecular formula is C24H31N3O4S2. The maximum Gasteiger partial charge on any atom is 0.256 e. The molecular weight excluding hydrogens is 458 g/mol. The average molecular weight is 490 g/mol. The summed E-state index contributed by atoms with van der Waals surface area (Å²) in [5.74, 6) is 0.0143. The average Bonchev–Trinajstić information content (AvgIpc) is 3.34. The molecule has 2 amide bonds. The van der Waals surface area contributed by atoms with Crippen LogP contribution in [0.4, 0.5) is 5.69 Å². The van der Waals surface area contributed by atoms with E-state index in [0.717, 1.165) is 25.9 Å². The van der Waals surface area contributed by atoms with Gasteiger partial charge in [-0.25, -0.2) is 8.42 Å². The zero-order valence-electron chi connectivity index (χ0n) is 19.3. The molecule has 0 radical (unpaired) electrons. The van der Waals surface area contributed by atoms with Crippen LogP contribution in [0.1, 0.15) is 42.6 Å². The Labute approximate surface area is 200 Å². The number of hydrogen-bond acceptors (Lipinski definition) is 5. The number of carbonyl (C=O) groups is 2. The summed E-state index contributed by atoms with van der Waals surface area (Å²) < 4.78 is 27.4. The molecule has 2 aromatic rings. The molecule has 0 unspecified atom stereocenters. The number of benzene rings is 2. The van der Waals surface area contributed by atoms with Gasteiger partial charge in [0.1, 0.15) is 0 Å². The third kappa shape index (κ3) is 5.96. The number of nitrogens with one attached hydrogen (secondary N) is 1. The Morgan fingerprint density at radius 1 is 1.06 bits per heavy atom. The lowest BCUT2D eigenvalue weighted by atomic mass is 10.2. The van der Waals surface area contributed by atoms with Crippen LogP contribution in [0.5, 0.6) is 0 Å². The van der Waals surface area contributed by atoms with Crippen molar-refractivity contribution in [3.8, 4) is 0 Å². The number of likely N-dealkylation sites (tertiary alicyclic amines) is 1. The highest BCUT2D eigenvalue weighted by atomic mass is 32.2. The molecule has 1 aliphatic rings. The van der Waals surface area contributed by atoms with Gasteiger partial charge in [-0.1, -0.05) is 32.0 Å². The third-order valence-corrected chi connectivity index (χ3v) is 8.96. The van der Waals surface area contributed by atoms with Crippen LogP contribution >= 0.6 is 11.8 Å². The van der Waals surface area contributed by atoms with Crippen molar-refractivity contribution >= 4 is 39.3 Å². The van der Waals surface area contributed by atoms with Gasteiger partial charge in [-0.15, -0.1) is 11.8 Å². The fourth-order valence-corrected chi connectivity index (χ4v) is 6.50. The van der Waals surface area contributed by atoms with Gasteiger partial charge in [0.2, 0.25) is 15.9 Å². The lowest BCUT2D eigenvalue weighted by Crippen LogP contribution is -2.31. The van der Waals surface area contributed by atoms with Gasteiger partial charge in [-0.05, 0) is 49.6 Å². The van der Waals surface area contributed by atoms with Gasteiger partial charge in [0.15, 0.2) is 0 Å². The first-order chi connectivity index (χ1) is 15.8. The number of carbonyl (C=O) groups excluding carboxylic acids is 2. The molecule has 1 N–H and O–H groups in total. The van der Waals surface area contributed by atoms with Gasteiger partial charge in [0, 0.05) is 36.8 Å². The van der Waals surface area contributed by atoms with Crippen LogP contribution in [0.2, 0.25) is 0 Å². The second-order valence-electron chi connectivity index (χ2n) is 7.90. The molecule has 0 spiro atoms. The second kappa shape index (κ2) is 11.2. The normalized spacial score (nSPS) is 14.0. The molecule has 1 heterocycles. The monoisotopic (exact) mass is 489 g/mol. The molecule has 0 saturated carbocycles. The summed E-state index contributed by atoms with van der Waals surface area (Å²) in [6, 6.07) is 12.0. The predicted octanol–water partition coefficient (Wildman–Crippen LogP) is 3.99. The second-order valence-corrected chi connectivity index (χ2v) is 10.8. The first kappa shape index (κ1) is 25.3. The summed E-state index contributed by atoms with van der Waals surface area (Å²) in [5.41, 5.74) is 1.48. The number of sulfonamides is 1. The molecule has 33 heavy (non-hydrogen) atoms. The van der Waals surface area contributed by atoms with E-state index in [0.29, 0.717) is 34.8 Å². The Morgan fingerprint density at radius 2 is 1.73 bits per heavy atom. The summed E-state index contributed by atoms with van der Waals surface area (Å²) >= 11 is 1.35. The van der Waals surface area contributed by atoms with E-state index in [9.17, 15) is 18.0 Å². The van der Waals surface area contributed by atoms with Gasteiger partial charge < -0.3 is 10.2 Å². The van der Waals surface area contributed by atoms with E-state index in [-0.39, 0.29) is 22.5 Å². The Hall–Kier alpha value is -2.36. The van der Waals surface area contributed by atoms with Crippen molar-refractivity contribution in [2.45, 2.75) is 43.4 Å². The van der Waals surface area contributed by atoms with Crippen molar-refractivity contribution in [2.75, 3.05) is 37.2 Å². The molecule has 3 rings (SSSR count). The first-order valence-electron chi connectivity index (χ1n) is 11.2. The molecule has 1 fully saturated rings. The van der Waals surface area contributed by atoms with Crippen LogP contribution in [0, 0.1) is 6.92 Å². The van der Waals surface area contributed by atoms with Crippen LogP contribution in [0.3, 0.4) is 0 Å². The molecule has 7 nitrogen and oxygen atoms in total. The molecule has 178 valence electrons.